The second kappa shape index (κ2) is 9.99. The molecule has 6 nitrogen and oxygen atoms in total. The van der Waals surface area contributed by atoms with Crippen molar-refractivity contribution in [2.45, 2.75) is 44.2 Å². The number of Topliss-reactive ketones (excluding diaryl/α,β-unsaturated/α-hetero) is 1. The molecule has 0 aromatic heterocycles. The normalized spacial score (nSPS) is 19.1. The second-order valence-corrected chi connectivity index (χ2v) is 9.82. The Balaban J connectivity index is 2.26. The molecule has 0 amide bonds. The molecule has 0 spiro atoms. The minimum Gasteiger partial charge on any atom is -0.497 e. The van der Waals surface area contributed by atoms with Crippen LogP contribution in [0.5, 0.6) is 11.5 Å². The Bertz CT molecular complexity index is 867. The number of hydrogen-bond acceptors (Lipinski definition) is 6. The van der Waals surface area contributed by atoms with Crippen LogP contribution >= 0.6 is 7.60 Å². The fourth-order valence-corrected chi connectivity index (χ4v) is 7.25. The van der Waals surface area contributed by atoms with Gasteiger partial charge in [-0.25, -0.2) is 0 Å². The van der Waals surface area contributed by atoms with Crippen molar-refractivity contribution in [2.24, 2.45) is 0 Å². The molecule has 1 atom stereocenters. The van der Waals surface area contributed by atoms with E-state index in [0.29, 0.717) is 30.8 Å². The van der Waals surface area contributed by atoms with E-state index in [1.54, 1.807) is 28.1 Å². The Kier molecular flexibility index (Phi) is 7.58. The van der Waals surface area contributed by atoms with E-state index < -0.39 is 18.7 Å². The molecule has 31 heavy (non-hydrogen) atoms. The highest BCUT2D eigenvalue weighted by Crippen LogP contribution is 2.70. The monoisotopic (exact) mass is 446 g/mol. The summed E-state index contributed by atoms with van der Waals surface area (Å²) in [7, 11) is -0.576. The molecule has 3 rings (SSSR count). The summed E-state index contributed by atoms with van der Waals surface area (Å²) in [4.78, 5) is 13.5. The smallest absolute Gasteiger partial charge is 0.345 e. The Labute approximate surface area is 184 Å². The van der Waals surface area contributed by atoms with Crippen LogP contribution in [0.3, 0.4) is 0 Å². The third-order valence-corrected chi connectivity index (χ3v) is 8.81. The summed E-state index contributed by atoms with van der Waals surface area (Å²) in [6.07, 6.45) is 1.44. The van der Waals surface area contributed by atoms with Gasteiger partial charge >= 0.3 is 7.60 Å². The van der Waals surface area contributed by atoms with Crippen LogP contribution in [0, 0.1) is 0 Å². The van der Waals surface area contributed by atoms with E-state index in [0.717, 1.165) is 11.1 Å². The van der Waals surface area contributed by atoms with Crippen LogP contribution < -0.4 is 9.47 Å². The van der Waals surface area contributed by atoms with E-state index in [9.17, 15) is 9.36 Å². The summed E-state index contributed by atoms with van der Waals surface area (Å²) in [6.45, 7) is 3.94. The lowest BCUT2D eigenvalue weighted by molar-refractivity contribution is -0.120. The van der Waals surface area contributed by atoms with Crippen LogP contribution in [0.25, 0.3) is 0 Å². The van der Waals surface area contributed by atoms with Crippen molar-refractivity contribution in [1.29, 1.82) is 0 Å². The van der Waals surface area contributed by atoms with Crippen molar-refractivity contribution >= 4 is 13.4 Å². The molecular formula is C24H31O6P. The number of hydrogen-bond donors (Lipinski definition) is 0. The van der Waals surface area contributed by atoms with Gasteiger partial charge in [-0.1, -0.05) is 24.3 Å². The van der Waals surface area contributed by atoms with Crippen molar-refractivity contribution in [3.63, 3.8) is 0 Å². The van der Waals surface area contributed by atoms with Gasteiger partial charge in [0, 0.05) is 12.3 Å². The standard InChI is InChI=1S/C24H31O6P/c1-5-29-31(26,30-6-2)24(17-7-8-22(24)25)23(18-9-13-20(27-3)14-10-18)19-11-15-21(28-4)16-12-19/h9-16,23H,5-8,17H2,1-4H3/t24-/m1/s1. The number of carbonyl (C=O) groups excluding carboxylic acids is 1. The quantitative estimate of drug-likeness (QED) is 0.443. The van der Waals surface area contributed by atoms with E-state index >= 15 is 0 Å². The molecule has 2 aromatic rings. The first kappa shape index (κ1) is 23.5. The number of benzene rings is 2. The fourth-order valence-electron chi connectivity index (χ4n) is 4.57. The molecule has 0 bridgehead atoms. The van der Waals surface area contributed by atoms with Crippen molar-refractivity contribution in [2.75, 3.05) is 27.4 Å². The lowest BCUT2D eigenvalue weighted by atomic mass is 9.78. The summed E-state index contributed by atoms with van der Waals surface area (Å²) < 4.78 is 36.5. The van der Waals surface area contributed by atoms with Gasteiger partial charge in [0.1, 0.15) is 16.7 Å². The largest absolute Gasteiger partial charge is 0.497 e. The maximum Gasteiger partial charge on any atom is 0.345 e. The first-order chi connectivity index (χ1) is 15.0. The van der Waals surface area contributed by atoms with Crippen molar-refractivity contribution in [3.8, 4) is 11.5 Å². The number of methoxy groups -OCH3 is 2. The van der Waals surface area contributed by atoms with Gasteiger partial charge in [0.25, 0.3) is 0 Å². The molecule has 1 fully saturated rings. The van der Waals surface area contributed by atoms with E-state index in [2.05, 4.69) is 0 Å². The van der Waals surface area contributed by atoms with Gasteiger partial charge in [-0.3, -0.25) is 9.36 Å². The van der Waals surface area contributed by atoms with Crippen LogP contribution in [0.4, 0.5) is 0 Å². The molecule has 0 unspecified atom stereocenters. The first-order valence-corrected chi connectivity index (χ1v) is 12.2. The van der Waals surface area contributed by atoms with Gasteiger partial charge < -0.3 is 18.5 Å². The van der Waals surface area contributed by atoms with Gasteiger partial charge in [0.05, 0.1) is 27.4 Å². The average molecular weight is 446 g/mol. The summed E-state index contributed by atoms with van der Waals surface area (Å²) in [5.41, 5.74) is 1.72. The van der Waals surface area contributed by atoms with Crippen LogP contribution in [0.15, 0.2) is 48.5 Å². The lowest BCUT2D eigenvalue weighted by Gasteiger charge is -2.41. The zero-order valence-electron chi connectivity index (χ0n) is 18.6. The Morgan fingerprint density at radius 3 is 1.65 bits per heavy atom. The van der Waals surface area contributed by atoms with Crippen LogP contribution in [0.2, 0.25) is 0 Å². The summed E-state index contributed by atoms with van der Waals surface area (Å²) in [6, 6.07) is 15.1. The van der Waals surface area contributed by atoms with Crippen molar-refractivity contribution < 1.29 is 27.9 Å². The Morgan fingerprint density at radius 1 is 0.871 bits per heavy atom. The zero-order chi connectivity index (χ0) is 22.5. The highest BCUT2D eigenvalue weighted by Gasteiger charge is 2.63. The minimum absolute atomic E-state index is 0.0747. The Hall–Kier alpha value is -2.14. The molecule has 0 heterocycles. The maximum absolute atomic E-state index is 14.3. The molecule has 1 aliphatic rings. The molecule has 0 aliphatic heterocycles. The van der Waals surface area contributed by atoms with Crippen LogP contribution in [-0.2, 0) is 18.4 Å². The molecule has 0 radical (unpaired) electrons. The van der Waals surface area contributed by atoms with Gasteiger partial charge in [-0.2, -0.15) is 0 Å². The molecule has 168 valence electrons. The number of rotatable bonds is 10. The average Bonchev–Trinajstić information content (AvgIpc) is 3.17. The maximum atomic E-state index is 14.3. The molecule has 1 aliphatic carbocycles. The second-order valence-electron chi connectivity index (χ2n) is 7.51. The minimum atomic E-state index is -3.79. The van der Waals surface area contributed by atoms with Crippen LogP contribution in [-0.4, -0.2) is 38.4 Å². The SMILES string of the molecule is CCOP(=O)(OCC)[C@]1(C(c2ccc(OC)cc2)c2ccc(OC)cc2)CCCC1=O. The fraction of sp³-hybridized carbons (Fsp3) is 0.458. The van der Waals surface area contributed by atoms with Gasteiger partial charge in [-0.15, -0.1) is 0 Å². The van der Waals surface area contributed by atoms with E-state index in [1.807, 2.05) is 48.5 Å². The lowest BCUT2D eigenvalue weighted by Crippen LogP contribution is -2.42. The molecule has 1 saturated carbocycles. The molecule has 0 N–H and O–H groups in total. The van der Waals surface area contributed by atoms with E-state index in [1.165, 1.54) is 0 Å². The number of ketones is 1. The third kappa shape index (κ3) is 4.30. The number of carbonyl (C=O) groups is 1. The van der Waals surface area contributed by atoms with Gasteiger partial charge in [-0.05, 0) is 62.1 Å². The highest BCUT2D eigenvalue weighted by atomic mass is 31.2. The van der Waals surface area contributed by atoms with Crippen molar-refractivity contribution in [3.05, 3.63) is 59.7 Å². The predicted molar refractivity (Wildman–Crippen MR) is 120 cm³/mol. The van der Waals surface area contributed by atoms with E-state index in [-0.39, 0.29) is 19.0 Å². The van der Waals surface area contributed by atoms with Crippen molar-refractivity contribution in [1.82, 2.24) is 0 Å². The molecule has 0 saturated heterocycles. The summed E-state index contributed by atoms with van der Waals surface area (Å²) in [5, 5.41) is -1.29. The summed E-state index contributed by atoms with van der Waals surface area (Å²) in [5.74, 6) is 0.848. The first-order valence-electron chi connectivity index (χ1n) is 10.7. The van der Waals surface area contributed by atoms with E-state index in [4.69, 9.17) is 18.5 Å². The van der Waals surface area contributed by atoms with Gasteiger partial charge in [0.15, 0.2) is 5.78 Å². The molecule has 7 heteroatoms. The Morgan fingerprint density at radius 2 is 1.32 bits per heavy atom. The predicted octanol–water partition coefficient (Wildman–Crippen LogP) is 5.59. The number of ether oxygens (including phenoxy) is 2. The van der Waals surface area contributed by atoms with Crippen LogP contribution in [0.1, 0.15) is 50.2 Å². The third-order valence-electron chi connectivity index (χ3n) is 5.91. The molecular weight excluding hydrogens is 415 g/mol. The summed E-state index contributed by atoms with van der Waals surface area (Å²) >= 11 is 0. The highest BCUT2D eigenvalue weighted by molar-refractivity contribution is 7.57. The van der Waals surface area contributed by atoms with Gasteiger partial charge in [0.2, 0.25) is 0 Å². The molecule has 2 aromatic carbocycles. The zero-order valence-corrected chi connectivity index (χ0v) is 19.5. The topological polar surface area (TPSA) is 71.1 Å².